The Morgan fingerprint density at radius 1 is 1.18 bits per heavy atom. The predicted octanol–water partition coefficient (Wildman–Crippen LogP) is 2.77. The van der Waals surface area contributed by atoms with Crippen LogP contribution in [0, 0.1) is 16.0 Å². The van der Waals surface area contributed by atoms with Crippen LogP contribution in [0.25, 0.3) is 0 Å². The number of aliphatic hydroxyl groups is 2. The van der Waals surface area contributed by atoms with E-state index in [0.717, 1.165) is 11.3 Å². The minimum absolute atomic E-state index is 0.0544. The smallest absolute Gasteiger partial charge is 0.336 e. The molecule has 0 saturated heterocycles. The lowest BCUT2D eigenvalue weighted by Gasteiger charge is -2.31. The van der Waals surface area contributed by atoms with Gasteiger partial charge in [0.15, 0.2) is 0 Å². The number of carbonyl (C=O) groups is 2. The summed E-state index contributed by atoms with van der Waals surface area (Å²) in [4.78, 5) is 41.3. The summed E-state index contributed by atoms with van der Waals surface area (Å²) in [5.74, 6) is -3.09. The van der Waals surface area contributed by atoms with Crippen molar-refractivity contribution in [3.8, 4) is 0 Å². The van der Waals surface area contributed by atoms with Gasteiger partial charge in [-0.05, 0) is 37.1 Å². The molecule has 11 heteroatoms. The number of hydrogen-bond donors (Lipinski definition) is 3. The number of hydrogen-bond acceptors (Lipinski definition) is 10. The summed E-state index contributed by atoms with van der Waals surface area (Å²) < 4.78 is 10.6. The van der Waals surface area contributed by atoms with Gasteiger partial charge in [-0.1, -0.05) is 24.3 Å². The number of anilines is 1. The molecule has 1 heterocycles. The summed E-state index contributed by atoms with van der Waals surface area (Å²) in [6, 6.07) is 13.1. The summed E-state index contributed by atoms with van der Waals surface area (Å²) in [5.41, 5.74) is 2.85. The first-order valence-electron chi connectivity index (χ1n) is 12.0. The molecule has 0 spiro atoms. The highest BCUT2D eigenvalue weighted by Gasteiger charge is 2.42. The molecule has 0 saturated carbocycles. The number of benzene rings is 2. The van der Waals surface area contributed by atoms with Crippen molar-refractivity contribution in [2.45, 2.75) is 32.3 Å². The van der Waals surface area contributed by atoms with Gasteiger partial charge in [0.25, 0.3) is 5.69 Å². The van der Waals surface area contributed by atoms with E-state index in [9.17, 15) is 24.8 Å². The highest BCUT2D eigenvalue weighted by Crippen LogP contribution is 2.40. The predicted molar refractivity (Wildman–Crippen MR) is 140 cm³/mol. The molecule has 2 aromatic carbocycles. The van der Waals surface area contributed by atoms with E-state index in [1.165, 1.54) is 25.3 Å². The molecular formula is C27H31N3O8. The third-order valence-electron chi connectivity index (χ3n) is 6.27. The number of nitro groups is 1. The van der Waals surface area contributed by atoms with Gasteiger partial charge in [-0.3, -0.25) is 19.9 Å². The van der Waals surface area contributed by atoms with Gasteiger partial charge in [0, 0.05) is 48.1 Å². The van der Waals surface area contributed by atoms with E-state index in [0.29, 0.717) is 23.4 Å². The SMILES string of the molecule is COC(=O)C1C(C)=NC(C)=C(C(=O)OCCc2ccc(NCC(O)CO)cc2)C1c1cccc([N+](=O)[O-])c1. The first-order valence-corrected chi connectivity index (χ1v) is 12.0. The molecule has 3 unspecified atom stereocenters. The van der Waals surface area contributed by atoms with E-state index in [4.69, 9.17) is 14.6 Å². The standard InChI is InChI=1S/C27H31N3O8/c1-16-23(26(33)37-3)25(19-5-4-6-21(13-19)30(35)36)24(17(2)29-16)27(34)38-12-11-18-7-9-20(10-8-18)28-14-22(32)15-31/h4-10,13,22-23,25,28,31-32H,11-12,14-15H2,1-3H3. The number of ether oxygens (including phenoxy) is 2. The second kappa shape index (κ2) is 12.9. The number of allylic oxidation sites excluding steroid dienone is 1. The monoisotopic (exact) mass is 525 g/mol. The fraction of sp³-hybridized carbons (Fsp3) is 0.370. The first kappa shape index (κ1) is 28.5. The Kier molecular flexibility index (Phi) is 9.69. The van der Waals surface area contributed by atoms with Gasteiger partial charge < -0.3 is 25.0 Å². The number of aliphatic hydroxyl groups excluding tert-OH is 2. The number of nitrogens with zero attached hydrogens (tertiary/aromatic N) is 2. The Morgan fingerprint density at radius 3 is 2.53 bits per heavy atom. The summed E-state index contributed by atoms with van der Waals surface area (Å²) >= 11 is 0. The highest BCUT2D eigenvalue weighted by atomic mass is 16.6. The van der Waals surface area contributed by atoms with Crippen molar-refractivity contribution in [1.29, 1.82) is 0 Å². The van der Waals surface area contributed by atoms with Gasteiger partial charge in [-0.25, -0.2) is 4.79 Å². The van der Waals surface area contributed by atoms with E-state index in [1.54, 1.807) is 19.9 Å². The van der Waals surface area contributed by atoms with Gasteiger partial charge >= 0.3 is 11.9 Å². The minimum atomic E-state index is -0.947. The molecule has 1 aliphatic heterocycles. The molecular weight excluding hydrogens is 494 g/mol. The largest absolute Gasteiger partial charge is 0.468 e. The molecule has 11 nitrogen and oxygen atoms in total. The number of aliphatic imine (C=N–C) groups is 1. The van der Waals surface area contributed by atoms with Crippen LogP contribution < -0.4 is 5.32 Å². The number of esters is 2. The van der Waals surface area contributed by atoms with Crippen LogP contribution >= 0.6 is 0 Å². The Morgan fingerprint density at radius 2 is 1.89 bits per heavy atom. The molecule has 202 valence electrons. The average molecular weight is 526 g/mol. The Balaban J connectivity index is 1.79. The molecule has 1 aliphatic rings. The maximum absolute atomic E-state index is 13.3. The molecule has 0 amide bonds. The van der Waals surface area contributed by atoms with Crippen LogP contribution in [0.15, 0.2) is 64.8 Å². The summed E-state index contributed by atoms with van der Waals surface area (Å²) in [6.45, 7) is 3.22. The number of nitro benzene ring substituents is 1. The normalized spacial score (nSPS) is 17.9. The number of rotatable bonds is 11. The Bertz CT molecular complexity index is 1240. The molecule has 3 N–H and O–H groups in total. The summed E-state index contributed by atoms with van der Waals surface area (Å²) in [7, 11) is 1.23. The van der Waals surface area contributed by atoms with Crippen molar-refractivity contribution in [3.05, 3.63) is 81.0 Å². The molecule has 3 atom stereocenters. The lowest BCUT2D eigenvalue weighted by molar-refractivity contribution is -0.384. The van der Waals surface area contributed by atoms with Crippen LogP contribution in [0.5, 0.6) is 0 Å². The zero-order chi connectivity index (χ0) is 27.8. The minimum Gasteiger partial charge on any atom is -0.468 e. The van der Waals surface area contributed by atoms with Crippen LogP contribution in [-0.2, 0) is 25.5 Å². The summed E-state index contributed by atoms with van der Waals surface area (Å²) in [6.07, 6.45) is -0.439. The highest BCUT2D eigenvalue weighted by molar-refractivity contribution is 6.07. The van der Waals surface area contributed by atoms with E-state index in [-0.39, 0.29) is 31.0 Å². The first-order chi connectivity index (χ1) is 18.2. The van der Waals surface area contributed by atoms with Crippen LogP contribution in [0.1, 0.15) is 30.9 Å². The van der Waals surface area contributed by atoms with Crippen LogP contribution in [0.3, 0.4) is 0 Å². The van der Waals surface area contributed by atoms with Crippen LogP contribution in [0.2, 0.25) is 0 Å². The van der Waals surface area contributed by atoms with Gasteiger partial charge in [0.2, 0.25) is 0 Å². The number of carbonyl (C=O) groups excluding carboxylic acids is 2. The molecule has 0 aliphatic carbocycles. The van der Waals surface area contributed by atoms with Crippen molar-refractivity contribution in [2.24, 2.45) is 10.9 Å². The fourth-order valence-corrected chi connectivity index (χ4v) is 4.36. The molecule has 0 bridgehead atoms. The van der Waals surface area contributed by atoms with E-state index < -0.39 is 34.8 Å². The topological polar surface area (TPSA) is 161 Å². The average Bonchev–Trinajstić information content (AvgIpc) is 2.91. The number of non-ortho nitro benzene ring substituents is 1. The quantitative estimate of drug-likeness (QED) is 0.228. The van der Waals surface area contributed by atoms with Crippen molar-refractivity contribution >= 4 is 29.0 Å². The van der Waals surface area contributed by atoms with Crippen molar-refractivity contribution in [1.82, 2.24) is 0 Å². The third-order valence-corrected chi connectivity index (χ3v) is 6.27. The van der Waals surface area contributed by atoms with Crippen molar-refractivity contribution < 1.29 is 34.2 Å². The second-order valence-electron chi connectivity index (χ2n) is 8.88. The Hall–Kier alpha value is -4.09. The zero-order valence-corrected chi connectivity index (χ0v) is 21.4. The third kappa shape index (κ3) is 6.81. The van der Waals surface area contributed by atoms with Crippen LogP contribution in [-0.4, -0.2) is 65.8 Å². The lowest BCUT2D eigenvalue weighted by atomic mass is 9.75. The number of methoxy groups -OCH3 is 1. The van der Waals surface area contributed by atoms with E-state index in [1.807, 2.05) is 24.3 Å². The van der Waals surface area contributed by atoms with Crippen molar-refractivity contribution in [2.75, 3.05) is 32.2 Å². The molecule has 0 radical (unpaired) electrons. The lowest BCUT2D eigenvalue weighted by Crippen LogP contribution is -2.36. The maximum atomic E-state index is 13.3. The zero-order valence-electron chi connectivity index (χ0n) is 21.4. The molecule has 38 heavy (non-hydrogen) atoms. The molecule has 0 aromatic heterocycles. The Labute approximate surface area is 220 Å². The molecule has 0 fully saturated rings. The van der Waals surface area contributed by atoms with E-state index in [2.05, 4.69) is 10.3 Å². The van der Waals surface area contributed by atoms with Gasteiger partial charge in [-0.2, -0.15) is 0 Å². The number of nitrogens with one attached hydrogen (secondary N) is 1. The fourth-order valence-electron chi connectivity index (χ4n) is 4.36. The molecule has 2 aromatic rings. The van der Waals surface area contributed by atoms with Gasteiger partial charge in [0.05, 0.1) is 36.9 Å². The maximum Gasteiger partial charge on any atom is 0.336 e. The summed E-state index contributed by atoms with van der Waals surface area (Å²) in [5, 5.41) is 32.7. The van der Waals surface area contributed by atoms with Crippen LogP contribution in [0.4, 0.5) is 11.4 Å². The van der Waals surface area contributed by atoms with E-state index >= 15 is 0 Å². The van der Waals surface area contributed by atoms with Gasteiger partial charge in [-0.15, -0.1) is 0 Å². The van der Waals surface area contributed by atoms with Crippen molar-refractivity contribution in [3.63, 3.8) is 0 Å². The van der Waals surface area contributed by atoms with Gasteiger partial charge in [0.1, 0.15) is 5.92 Å². The molecule has 3 rings (SSSR count). The second-order valence-corrected chi connectivity index (χ2v) is 8.88.